The normalized spacial score (nSPS) is 12.5. The van der Waals surface area contributed by atoms with Gasteiger partial charge in [-0.3, -0.25) is 0 Å². The standard InChI is InChI=1S/C15H14ClF2N/c1-9(19-2)10-3-4-15(16)14(7-10)11-5-12(17)8-13(18)6-11/h3-9,19H,1-2H3. The van der Waals surface area contributed by atoms with Gasteiger partial charge in [0, 0.05) is 22.7 Å². The molecule has 0 heterocycles. The van der Waals surface area contributed by atoms with E-state index in [1.54, 1.807) is 6.07 Å². The molecule has 19 heavy (non-hydrogen) atoms. The monoisotopic (exact) mass is 281 g/mol. The minimum Gasteiger partial charge on any atom is -0.313 e. The van der Waals surface area contributed by atoms with Gasteiger partial charge in [0.1, 0.15) is 11.6 Å². The van der Waals surface area contributed by atoms with E-state index in [2.05, 4.69) is 5.32 Å². The summed E-state index contributed by atoms with van der Waals surface area (Å²) in [6, 6.07) is 9.01. The van der Waals surface area contributed by atoms with Gasteiger partial charge in [0.2, 0.25) is 0 Å². The molecule has 100 valence electrons. The molecule has 0 aromatic heterocycles. The van der Waals surface area contributed by atoms with Crippen molar-refractivity contribution >= 4 is 11.6 Å². The van der Waals surface area contributed by atoms with Crippen molar-refractivity contribution in [2.24, 2.45) is 0 Å². The molecule has 1 nitrogen and oxygen atoms in total. The second-order valence-electron chi connectivity index (χ2n) is 4.41. The van der Waals surface area contributed by atoms with Crippen LogP contribution in [-0.4, -0.2) is 7.05 Å². The van der Waals surface area contributed by atoms with Crippen molar-refractivity contribution in [3.8, 4) is 11.1 Å². The van der Waals surface area contributed by atoms with Crippen LogP contribution in [0.25, 0.3) is 11.1 Å². The Hall–Kier alpha value is -1.45. The Kier molecular flexibility index (Phi) is 4.17. The van der Waals surface area contributed by atoms with Crippen molar-refractivity contribution in [3.05, 3.63) is 58.6 Å². The highest BCUT2D eigenvalue weighted by atomic mass is 35.5. The molecule has 0 fully saturated rings. The van der Waals surface area contributed by atoms with E-state index in [4.69, 9.17) is 11.6 Å². The number of halogens is 3. The van der Waals surface area contributed by atoms with E-state index in [-0.39, 0.29) is 6.04 Å². The van der Waals surface area contributed by atoms with Gasteiger partial charge in [-0.05, 0) is 49.4 Å². The lowest BCUT2D eigenvalue weighted by Gasteiger charge is -2.13. The maximum Gasteiger partial charge on any atom is 0.126 e. The topological polar surface area (TPSA) is 12.0 Å². The van der Waals surface area contributed by atoms with E-state index in [1.807, 2.05) is 26.1 Å². The molecule has 0 radical (unpaired) electrons. The van der Waals surface area contributed by atoms with E-state index in [0.29, 0.717) is 16.1 Å². The van der Waals surface area contributed by atoms with Crippen LogP contribution in [0.5, 0.6) is 0 Å². The summed E-state index contributed by atoms with van der Waals surface area (Å²) in [5, 5.41) is 3.58. The van der Waals surface area contributed by atoms with Crippen molar-refractivity contribution < 1.29 is 8.78 Å². The van der Waals surface area contributed by atoms with Crippen LogP contribution in [0.1, 0.15) is 18.5 Å². The third-order valence-corrected chi connectivity index (χ3v) is 3.43. The first-order valence-electron chi connectivity index (χ1n) is 5.94. The molecule has 2 aromatic rings. The summed E-state index contributed by atoms with van der Waals surface area (Å²) in [4.78, 5) is 0. The predicted octanol–water partition coefficient (Wildman–Crippen LogP) is 4.57. The molecule has 0 bridgehead atoms. The molecule has 1 N–H and O–H groups in total. The van der Waals surface area contributed by atoms with Crippen molar-refractivity contribution in [1.29, 1.82) is 0 Å². The lowest BCUT2D eigenvalue weighted by molar-refractivity contribution is 0.584. The first kappa shape index (κ1) is 14.0. The predicted molar refractivity (Wildman–Crippen MR) is 74.3 cm³/mol. The number of rotatable bonds is 3. The van der Waals surface area contributed by atoms with Gasteiger partial charge in [0.15, 0.2) is 0 Å². The quantitative estimate of drug-likeness (QED) is 0.869. The molecule has 0 aliphatic heterocycles. The lowest BCUT2D eigenvalue weighted by Crippen LogP contribution is -2.12. The summed E-state index contributed by atoms with van der Waals surface area (Å²) < 4.78 is 26.6. The molecule has 2 rings (SSSR count). The average Bonchev–Trinajstić information content (AvgIpc) is 2.37. The van der Waals surface area contributed by atoms with Crippen LogP contribution < -0.4 is 5.32 Å². The highest BCUT2D eigenvalue weighted by Gasteiger charge is 2.10. The molecule has 0 saturated heterocycles. The van der Waals surface area contributed by atoms with Crippen LogP contribution in [0.2, 0.25) is 5.02 Å². The molecule has 0 aliphatic carbocycles. The maximum absolute atomic E-state index is 13.3. The van der Waals surface area contributed by atoms with Crippen LogP contribution >= 0.6 is 11.6 Å². The van der Waals surface area contributed by atoms with Crippen molar-refractivity contribution in [2.75, 3.05) is 7.05 Å². The minimum atomic E-state index is -0.613. The molecule has 1 atom stereocenters. The Morgan fingerprint density at radius 3 is 2.26 bits per heavy atom. The number of hydrogen-bond donors (Lipinski definition) is 1. The Morgan fingerprint density at radius 1 is 1.05 bits per heavy atom. The van der Waals surface area contributed by atoms with Gasteiger partial charge in [-0.15, -0.1) is 0 Å². The van der Waals surface area contributed by atoms with E-state index >= 15 is 0 Å². The minimum absolute atomic E-state index is 0.134. The second-order valence-corrected chi connectivity index (χ2v) is 4.81. The zero-order valence-electron chi connectivity index (χ0n) is 10.7. The Morgan fingerprint density at radius 2 is 1.68 bits per heavy atom. The van der Waals surface area contributed by atoms with Crippen LogP contribution in [0.15, 0.2) is 36.4 Å². The van der Waals surface area contributed by atoms with Crippen LogP contribution in [0.3, 0.4) is 0 Å². The zero-order valence-corrected chi connectivity index (χ0v) is 11.4. The summed E-state index contributed by atoms with van der Waals surface area (Å²) in [6.07, 6.45) is 0. The summed E-state index contributed by atoms with van der Waals surface area (Å²) in [6.45, 7) is 2.00. The SMILES string of the molecule is CNC(C)c1ccc(Cl)c(-c2cc(F)cc(F)c2)c1. The number of nitrogens with one attached hydrogen (secondary N) is 1. The average molecular weight is 282 g/mol. The highest BCUT2D eigenvalue weighted by molar-refractivity contribution is 6.33. The first-order valence-corrected chi connectivity index (χ1v) is 6.32. The first-order chi connectivity index (χ1) is 9.01. The third-order valence-electron chi connectivity index (χ3n) is 3.10. The third kappa shape index (κ3) is 3.11. The number of hydrogen-bond acceptors (Lipinski definition) is 1. The molecular formula is C15H14ClF2N. The van der Waals surface area contributed by atoms with Crippen molar-refractivity contribution in [1.82, 2.24) is 5.32 Å². The molecular weight excluding hydrogens is 268 g/mol. The molecule has 0 amide bonds. The van der Waals surface area contributed by atoms with Crippen LogP contribution in [0, 0.1) is 11.6 Å². The van der Waals surface area contributed by atoms with Gasteiger partial charge in [-0.25, -0.2) is 8.78 Å². The summed E-state index contributed by atoms with van der Waals surface area (Å²) in [5.74, 6) is -1.23. The van der Waals surface area contributed by atoms with Crippen molar-refractivity contribution in [3.63, 3.8) is 0 Å². The molecule has 2 aromatic carbocycles. The Labute approximate surface area is 116 Å². The van der Waals surface area contributed by atoms with E-state index in [0.717, 1.165) is 11.6 Å². The summed E-state index contributed by atoms with van der Waals surface area (Å²) >= 11 is 6.12. The van der Waals surface area contributed by atoms with E-state index in [9.17, 15) is 8.78 Å². The van der Waals surface area contributed by atoms with Crippen molar-refractivity contribution in [2.45, 2.75) is 13.0 Å². The second kappa shape index (κ2) is 5.68. The van der Waals surface area contributed by atoms with Gasteiger partial charge >= 0.3 is 0 Å². The van der Waals surface area contributed by atoms with Gasteiger partial charge in [-0.2, -0.15) is 0 Å². The number of benzene rings is 2. The fourth-order valence-electron chi connectivity index (χ4n) is 1.91. The van der Waals surface area contributed by atoms with E-state index in [1.165, 1.54) is 12.1 Å². The van der Waals surface area contributed by atoms with Gasteiger partial charge in [0.05, 0.1) is 0 Å². The van der Waals surface area contributed by atoms with Gasteiger partial charge in [0.25, 0.3) is 0 Å². The molecule has 0 spiro atoms. The molecule has 4 heteroatoms. The fourth-order valence-corrected chi connectivity index (χ4v) is 2.14. The smallest absolute Gasteiger partial charge is 0.126 e. The fraction of sp³-hybridized carbons (Fsp3) is 0.200. The largest absolute Gasteiger partial charge is 0.313 e. The van der Waals surface area contributed by atoms with Gasteiger partial charge < -0.3 is 5.32 Å². The molecule has 0 saturated carbocycles. The van der Waals surface area contributed by atoms with Gasteiger partial charge in [-0.1, -0.05) is 17.7 Å². The van der Waals surface area contributed by atoms with E-state index < -0.39 is 11.6 Å². The zero-order chi connectivity index (χ0) is 14.0. The molecule has 1 unspecified atom stereocenters. The maximum atomic E-state index is 13.3. The highest BCUT2D eigenvalue weighted by Crippen LogP contribution is 2.31. The Bertz CT molecular complexity index is 578. The lowest BCUT2D eigenvalue weighted by atomic mass is 10.00. The van der Waals surface area contributed by atoms with Crippen LogP contribution in [-0.2, 0) is 0 Å². The summed E-state index contributed by atoms with van der Waals surface area (Å²) in [7, 11) is 1.85. The van der Waals surface area contributed by atoms with Crippen LogP contribution in [0.4, 0.5) is 8.78 Å². The Balaban J connectivity index is 2.54. The molecule has 0 aliphatic rings. The summed E-state index contributed by atoms with van der Waals surface area (Å²) in [5.41, 5.74) is 2.07.